The van der Waals surface area contributed by atoms with Crippen LogP contribution in [-0.2, 0) is 32.5 Å². The number of aromatic nitrogens is 3. The Hall–Kier alpha value is -6.54. The molecule has 8 nitrogen and oxygen atoms in total. The minimum Gasteiger partial charge on any atom is -0.387 e. The Kier molecular flexibility index (Phi) is 9.92. The van der Waals surface area contributed by atoms with Crippen molar-refractivity contribution < 1.29 is 0 Å². The van der Waals surface area contributed by atoms with Gasteiger partial charge in [0.05, 0.1) is 35.5 Å². The number of nitrogens with two attached hydrogens (primary N) is 1. The molecule has 0 saturated carbocycles. The lowest BCUT2D eigenvalue weighted by Gasteiger charge is -2.19. The number of pyridine rings is 1. The van der Waals surface area contributed by atoms with E-state index in [1.807, 2.05) is 106 Å². The molecule has 0 saturated heterocycles. The Bertz CT molecular complexity index is 2260. The molecule has 252 valence electrons. The van der Waals surface area contributed by atoms with Gasteiger partial charge in [-0.05, 0) is 58.7 Å². The van der Waals surface area contributed by atoms with E-state index in [1.165, 1.54) is 27.9 Å². The van der Waals surface area contributed by atoms with E-state index in [0.29, 0.717) is 24.5 Å². The summed E-state index contributed by atoms with van der Waals surface area (Å²) in [6.07, 6.45) is 3.36. The van der Waals surface area contributed by atoms with Gasteiger partial charge in [-0.25, -0.2) is 4.99 Å². The number of imidazole rings is 1. The van der Waals surface area contributed by atoms with E-state index >= 15 is 0 Å². The molecule has 51 heavy (non-hydrogen) atoms. The molecule has 2 aliphatic rings. The van der Waals surface area contributed by atoms with Crippen molar-refractivity contribution in [3.8, 4) is 0 Å². The van der Waals surface area contributed by atoms with Crippen LogP contribution in [-0.4, -0.2) is 25.8 Å². The molecule has 9 rings (SSSR count). The molecule has 7 aromatic rings. The molecular formula is C43H40N8. The summed E-state index contributed by atoms with van der Waals surface area (Å²) in [6.45, 7) is 2.08. The first-order valence-electron chi connectivity index (χ1n) is 17.1. The van der Waals surface area contributed by atoms with Crippen LogP contribution in [0.3, 0.4) is 0 Å². The summed E-state index contributed by atoms with van der Waals surface area (Å²) < 4.78 is 4.06. The molecule has 0 aliphatic carbocycles. The van der Waals surface area contributed by atoms with Gasteiger partial charge in [0.25, 0.3) is 0 Å². The zero-order chi connectivity index (χ0) is 35.0. The van der Waals surface area contributed by atoms with Gasteiger partial charge in [-0.2, -0.15) is 0 Å². The quantitative estimate of drug-likeness (QED) is 0.168. The maximum absolute atomic E-state index is 8.67. The third-order valence-electron chi connectivity index (χ3n) is 8.98. The topological polar surface area (TPSA) is 112 Å². The summed E-state index contributed by atoms with van der Waals surface area (Å²) >= 11 is 0. The van der Waals surface area contributed by atoms with Gasteiger partial charge in [-0.1, -0.05) is 115 Å². The number of para-hydroxylation sites is 4. The minimum atomic E-state index is 0.491. The van der Waals surface area contributed by atoms with Crippen molar-refractivity contribution in [2.24, 2.45) is 10.7 Å². The van der Waals surface area contributed by atoms with Gasteiger partial charge in [-0.15, -0.1) is 0 Å². The number of rotatable bonds is 6. The zero-order valence-electron chi connectivity index (χ0n) is 28.4. The Morgan fingerprint density at radius 2 is 1.12 bits per heavy atom. The maximum atomic E-state index is 8.67. The number of benzene rings is 5. The molecule has 8 heteroatoms. The monoisotopic (exact) mass is 668 g/mol. The molecule has 0 radical (unpaired) electrons. The van der Waals surface area contributed by atoms with Gasteiger partial charge in [0.15, 0.2) is 0 Å². The van der Waals surface area contributed by atoms with Crippen LogP contribution in [0.2, 0.25) is 0 Å². The van der Waals surface area contributed by atoms with Crippen molar-refractivity contribution in [3.63, 3.8) is 0 Å². The number of amidine groups is 2. The van der Waals surface area contributed by atoms with Crippen LogP contribution in [0.5, 0.6) is 0 Å². The summed E-state index contributed by atoms with van der Waals surface area (Å²) in [7, 11) is 0. The van der Waals surface area contributed by atoms with Crippen molar-refractivity contribution in [3.05, 3.63) is 191 Å². The molecule has 2 aromatic heterocycles. The largest absolute Gasteiger partial charge is 0.387 e. The predicted octanol–water partition coefficient (Wildman–Crippen LogP) is 7.87. The Morgan fingerprint density at radius 3 is 1.78 bits per heavy atom. The van der Waals surface area contributed by atoms with E-state index < -0.39 is 0 Å². The second kappa shape index (κ2) is 15.3. The van der Waals surface area contributed by atoms with Gasteiger partial charge in [0.1, 0.15) is 11.7 Å². The molecule has 0 unspecified atom stereocenters. The predicted molar refractivity (Wildman–Crippen MR) is 207 cm³/mol. The average molecular weight is 669 g/mol. The number of hydrogen-bond donors (Lipinski definition) is 3. The van der Waals surface area contributed by atoms with Crippen LogP contribution >= 0.6 is 0 Å². The van der Waals surface area contributed by atoms with E-state index in [0.717, 1.165) is 47.6 Å². The first-order chi connectivity index (χ1) is 25.0. The highest BCUT2D eigenvalue weighted by molar-refractivity contribution is 6.03. The maximum Gasteiger partial charge on any atom is 0.203 e. The second-order valence-corrected chi connectivity index (χ2v) is 12.5. The van der Waals surface area contributed by atoms with Crippen molar-refractivity contribution in [2.75, 3.05) is 4.90 Å². The second-order valence-electron chi connectivity index (χ2n) is 12.5. The molecule has 0 fully saturated rings. The molecule has 2 aliphatic heterocycles. The van der Waals surface area contributed by atoms with Gasteiger partial charge in [0, 0.05) is 31.3 Å². The summed E-state index contributed by atoms with van der Waals surface area (Å²) in [6, 6.07) is 51.0. The van der Waals surface area contributed by atoms with Crippen LogP contribution < -0.4 is 16.3 Å². The normalized spacial score (nSPS) is 12.7. The summed E-state index contributed by atoms with van der Waals surface area (Å²) in [5.74, 6) is 1.41. The molecule has 0 amide bonds. The molecule has 5 aromatic carbocycles. The lowest BCUT2D eigenvalue weighted by Crippen LogP contribution is -2.25. The van der Waals surface area contributed by atoms with Crippen LogP contribution in [0.15, 0.2) is 163 Å². The van der Waals surface area contributed by atoms with Gasteiger partial charge < -0.3 is 19.8 Å². The number of aliphatic imine (C=N–C) groups is 1. The van der Waals surface area contributed by atoms with Crippen molar-refractivity contribution >= 4 is 34.1 Å². The summed E-state index contributed by atoms with van der Waals surface area (Å²) in [5, 5.41) is 16.7. The highest BCUT2D eigenvalue weighted by Crippen LogP contribution is 2.30. The number of anilines is 1. The number of fused-ring (bicyclic) bond motifs is 3. The summed E-state index contributed by atoms with van der Waals surface area (Å²) in [5.41, 5.74) is 16.3. The molecule has 4 N–H and O–H groups in total. The smallest absolute Gasteiger partial charge is 0.203 e. The highest BCUT2D eigenvalue weighted by atomic mass is 15.2. The standard InChI is InChI=1S/C20H18N4.C15H14N2.C8H8N2/c21-20-23(14-16-8-2-1-3-9-16)18-11-4-5-12-19(18)24(20)15-17-10-6-7-13-22-17;16-15-10-13-8-4-5-9-14(13)17(15)11-12-6-2-1-3-7-12;9-8-5-6-3-1-2-4-7(6)10-8/h1-13,21H,14-15H2;1-9,16H,10-11H2;1-4H,5H2,(H2,9,10). The fraction of sp³-hybridized carbons (Fsp3) is 0.116. The van der Waals surface area contributed by atoms with Crippen LogP contribution in [0.25, 0.3) is 11.0 Å². The van der Waals surface area contributed by atoms with Gasteiger partial charge in [0.2, 0.25) is 5.62 Å². The van der Waals surface area contributed by atoms with E-state index in [2.05, 4.69) is 69.5 Å². The zero-order valence-corrected chi connectivity index (χ0v) is 28.4. The SMILES string of the molecule is N=C1Cc2ccccc2N1Cc1ccccc1.N=c1n(Cc2ccccc2)c2ccccc2n1Cc1ccccn1.NC1=Nc2ccccc2C1. The van der Waals surface area contributed by atoms with Crippen molar-refractivity contribution in [2.45, 2.75) is 32.5 Å². The van der Waals surface area contributed by atoms with E-state index in [1.54, 1.807) is 6.20 Å². The Labute approximate surface area is 297 Å². The molecule has 0 spiro atoms. The molecule has 4 heterocycles. The van der Waals surface area contributed by atoms with Gasteiger partial charge >= 0.3 is 0 Å². The highest BCUT2D eigenvalue weighted by Gasteiger charge is 2.23. The molecular weight excluding hydrogens is 629 g/mol. The minimum absolute atomic E-state index is 0.491. The fourth-order valence-corrected chi connectivity index (χ4v) is 6.48. The van der Waals surface area contributed by atoms with Crippen LogP contribution in [0.4, 0.5) is 11.4 Å². The first-order valence-corrected chi connectivity index (χ1v) is 17.1. The Morgan fingerprint density at radius 1 is 0.549 bits per heavy atom. The first kappa shape index (κ1) is 33.0. The van der Waals surface area contributed by atoms with E-state index in [-0.39, 0.29) is 0 Å². The average Bonchev–Trinajstić information content (AvgIpc) is 3.80. The number of nitrogens with one attached hydrogen (secondary N) is 2. The van der Waals surface area contributed by atoms with Crippen molar-refractivity contribution in [1.29, 1.82) is 10.8 Å². The van der Waals surface area contributed by atoms with Gasteiger partial charge in [-0.3, -0.25) is 15.8 Å². The number of nitrogens with zero attached hydrogens (tertiary/aromatic N) is 5. The lowest BCUT2D eigenvalue weighted by molar-refractivity contribution is 0.657. The third-order valence-corrected chi connectivity index (χ3v) is 8.98. The molecule has 0 atom stereocenters. The molecule has 0 bridgehead atoms. The Balaban J connectivity index is 0.000000130. The van der Waals surface area contributed by atoms with E-state index in [9.17, 15) is 0 Å². The van der Waals surface area contributed by atoms with E-state index in [4.69, 9.17) is 16.6 Å². The lowest BCUT2D eigenvalue weighted by atomic mass is 10.1. The third kappa shape index (κ3) is 7.71. The van der Waals surface area contributed by atoms with Crippen molar-refractivity contribution in [1.82, 2.24) is 14.1 Å². The number of hydrogen-bond acceptors (Lipinski definition) is 5. The van der Waals surface area contributed by atoms with Crippen LogP contribution in [0.1, 0.15) is 27.9 Å². The van der Waals surface area contributed by atoms with Crippen LogP contribution in [0, 0.1) is 10.8 Å². The summed E-state index contributed by atoms with van der Waals surface area (Å²) in [4.78, 5) is 10.6. The fourth-order valence-electron chi connectivity index (χ4n) is 6.48.